The van der Waals surface area contributed by atoms with Gasteiger partial charge in [0.05, 0.1) is 18.3 Å². The molecule has 1 aromatic heterocycles. The summed E-state index contributed by atoms with van der Waals surface area (Å²) in [6, 6.07) is 1.46. The van der Waals surface area contributed by atoms with Gasteiger partial charge in [-0.1, -0.05) is 11.6 Å². The maximum absolute atomic E-state index is 13.7. The Labute approximate surface area is 152 Å². The lowest BCUT2D eigenvalue weighted by molar-refractivity contribution is -0.192. The number of carboxylic acids is 1. The highest BCUT2D eigenvalue weighted by atomic mass is 35.5. The number of aliphatic hydroxyl groups excluding tert-OH is 1. The van der Waals surface area contributed by atoms with Gasteiger partial charge in [0.1, 0.15) is 17.2 Å². The Hall–Kier alpha value is -2.38. The summed E-state index contributed by atoms with van der Waals surface area (Å²) in [5.41, 5.74) is 5.68. The van der Waals surface area contributed by atoms with Gasteiger partial charge < -0.3 is 15.9 Å². The molecule has 0 amide bonds. The Kier molecular flexibility index (Phi) is 7.56. The van der Waals surface area contributed by atoms with Crippen molar-refractivity contribution < 1.29 is 41.4 Å². The molecule has 27 heavy (non-hydrogen) atoms. The van der Waals surface area contributed by atoms with Crippen molar-refractivity contribution in [3.63, 3.8) is 0 Å². The Balaban J connectivity index is 0.000000445. The highest BCUT2D eigenvalue weighted by Crippen LogP contribution is 2.29. The van der Waals surface area contributed by atoms with E-state index >= 15 is 0 Å². The molecule has 0 aliphatic rings. The van der Waals surface area contributed by atoms with Crippen LogP contribution in [0.25, 0.3) is 5.69 Å². The highest BCUT2D eigenvalue weighted by Gasteiger charge is 2.38. The highest BCUT2D eigenvalue weighted by molar-refractivity contribution is 6.32. The van der Waals surface area contributed by atoms with Crippen molar-refractivity contribution in [2.75, 3.05) is 6.61 Å². The molecular formula is C13H11ClF6N4O3. The van der Waals surface area contributed by atoms with Crippen LogP contribution < -0.4 is 5.73 Å². The molecule has 4 N–H and O–H groups in total. The summed E-state index contributed by atoms with van der Waals surface area (Å²) in [6.45, 7) is -0.431. The molecule has 0 bridgehead atoms. The molecule has 1 heterocycles. The molecule has 2 rings (SSSR count). The second kappa shape index (κ2) is 9.01. The lowest BCUT2D eigenvalue weighted by Crippen LogP contribution is -2.21. The normalized spacial score (nSPS) is 12.5. The van der Waals surface area contributed by atoms with Gasteiger partial charge in [-0.25, -0.2) is 27.6 Å². The van der Waals surface area contributed by atoms with Gasteiger partial charge >= 0.3 is 12.1 Å². The molecule has 0 spiro atoms. The van der Waals surface area contributed by atoms with Crippen LogP contribution in [0, 0.1) is 5.82 Å². The van der Waals surface area contributed by atoms with Gasteiger partial charge in [0.15, 0.2) is 5.82 Å². The summed E-state index contributed by atoms with van der Waals surface area (Å²) in [7, 11) is 0. The molecule has 0 saturated carbocycles. The van der Waals surface area contributed by atoms with Crippen molar-refractivity contribution in [2.24, 2.45) is 5.73 Å². The number of aliphatic carboxylic acids is 1. The van der Waals surface area contributed by atoms with Crippen molar-refractivity contribution in [3.05, 3.63) is 40.7 Å². The van der Waals surface area contributed by atoms with Crippen molar-refractivity contribution in [1.82, 2.24) is 14.8 Å². The molecule has 1 aromatic carbocycles. The van der Waals surface area contributed by atoms with Crippen LogP contribution in [-0.4, -0.2) is 43.7 Å². The standard InChI is InChI=1S/C11H10ClF3N4O.C2HF3O2/c12-9-6(13)1-5(7(16)3-20)2-8(9)19-11(10(14)15)17-4-18-19;3-2(4,5)1(6)7/h1-2,4,7,10,20H,3,16H2;(H,6,7)/t7-;/m1./s1. The molecule has 150 valence electrons. The molecular weight excluding hydrogens is 410 g/mol. The first-order valence-corrected chi connectivity index (χ1v) is 7.11. The topological polar surface area (TPSA) is 114 Å². The number of carboxylic acid groups (broad SMARTS) is 1. The Bertz CT molecular complexity index is 799. The predicted octanol–water partition coefficient (Wildman–Crippen LogP) is 2.62. The molecule has 0 radical (unpaired) electrons. The molecule has 14 heteroatoms. The zero-order valence-corrected chi connectivity index (χ0v) is 13.7. The minimum atomic E-state index is -5.08. The van der Waals surface area contributed by atoms with E-state index in [2.05, 4.69) is 10.1 Å². The number of benzene rings is 1. The number of halogens is 7. The number of nitrogens with zero attached hydrogens (tertiary/aromatic N) is 3. The zero-order valence-electron chi connectivity index (χ0n) is 13.0. The third kappa shape index (κ3) is 5.80. The van der Waals surface area contributed by atoms with Crippen LogP contribution in [0.5, 0.6) is 0 Å². The number of aliphatic hydroxyl groups is 1. The fourth-order valence-corrected chi connectivity index (χ4v) is 1.84. The van der Waals surface area contributed by atoms with Crippen LogP contribution in [0.3, 0.4) is 0 Å². The molecule has 0 fully saturated rings. The Morgan fingerprint density at radius 3 is 2.33 bits per heavy atom. The van der Waals surface area contributed by atoms with E-state index in [0.717, 1.165) is 17.1 Å². The fraction of sp³-hybridized carbons (Fsp3) is 0.308. The zero-order chi connectivity index (χ0) is 20.9. The van der Waals surface area contributed by atoms with Crippen molar-refractivity contribution in [3.8, 4) is 5.69 Å². The first-order chi connectivity index (χ1) is 12.4. The summed E-state index contributed by atoms with van der Waals surface area (Å²) in [4.78, 5) is 12.3. The number of hydrogen-bond acceptors (Lipinski definition) is 5. The van der Waals surface area contributed by atoms with Gasteiger partial charge in [-0.3, -0.25) is 0 Å². The number of alkyl halides is 5. The molecule has 0 saturated heterocycles. The minimum Gasteiger partial charge on any atom is -0.475 e. The second-order valence-electron chi connectivity index (χ2n) is 4.76. The first-order valence-electron chi connectivity index (χ1n) is 6.74. The van der Waals surface area contributed by atoms with Gasteiger partial charge in [0.25, 0.3) is 6.43 Å². The smallest absolute Gasteiger partial charge is 0.475 e. The average Bonchev–Trinajstić information content (AvgIpc) is 3.05. The third-order valence-electron chi connectivity index (χ3n) is 2.90. The predicted molar refractivity (Wildman–Crippen MR) is 79.0 cm³/mol. The van der Waals surface area contributed by atoms with E-state index in [1.54, 1.807) is 0 Å². The number of rotatable bonds is 4. The van der Waals surface area contributed by atoms with Gasteiger partial charge in [-0.15, -0.1) is 0 Å². The van der Waals surface area contributed by atoms with E-state index in [0.29, 0.717) is 0 Å². The summed E-state index contributed by atoms with van der Waals surface area (Å²) >= 11 is 5.77. The minimum absolute atomic E-state index is 0.113. The molecule has 0 aliphatic carbocycles. The maximum atomic E-state index is 13.7. The molecule has 0 unspecified atom stereocenters. The van der Waals surface area contributed by atoms with Gasteiger partial charge in [0, 0.05) is 0 Å². The van der Waals surface area contributed by atoms with E-state index in [1.807, 2.05) is 0 Å². The van der Waals surface area contributed by atoms with Gasteiger partial charge in [-0.05, 0) is 17.7 Å². The van der Waals surface area contributed by atoms with Crippen molar-refractivity contribution in [1.29, 1.82) is 0 Å². The largest absolute Gasteiger partial charge is 0.490 e. The first kappa shape index (κ1) is 22.7. The van der Waals surface area contributed by atoms with Crippen molar-refractivity contribution in [2.45, 2.75) is 18.6 Å². The number of aromatic nitrogens is 3. The van der Waals surface area contributed by atoms with Crippen molar-refractivity contribution >= 4 is 17.6 Å². The Morgan fingerprint density at radius 1 is 1.33 bits per heavy atom. The van der Waals surface area contributed by atoms with E-state index in [-0.39, 0.29) is 16.3 Å². The summed E-state index contributed by atoms with van der Waals surface area (Å²) < 4.78 is 71.8. The summed E-state index contributed by atoms with van der Waals surface area (Å²) in [5.74, 6) is -4.27. The van der Waals surface area contributed by atoms with Crippen LogP contribution in [0.2, 0.25) is 5.02 Å². The van der Waals surface area contributed by atoms with E-state index in [1.165, 1.54) is 6.07 Å². The SMILES string of the molecule is N[C@H](CO)c1cc(F)c(Cl)c(-n2ncnc2C(F)F)c1.O=C(O)C(F)(F)F. The van der Waals surface area contributed by atoms with Gasteiger partial charge in [0.2, 0.25) is 0 Å². The van der Waals surface area contributed by atoms with Crippen LogP contribution in [-0.2, 0) is 4.79 Å². The van der Waals surface area contributed by atoms with Gasteiger partial charge in [-0.2, -0.15) is 18.3 Å². The average molecular weight is 421 g/mol. The van der Waals surface area contributed by atoms with E-state index < -0.39 is 42.9 Å². The van der Waals surface area contributed by atoms with Crippen LogP contribution in [0.4, 0.5) is 26.3 Å². The van der Waals surface area contributed by atoms with Crippen LogP contribution >= 0.6 is 11.6 Å². The molecule has 0 aliphatic heterocycles. The molecule has 1 atom stereocenters. The monoisotopic (exact) mass is 420 g/mol. The van der Waals surface area contributed by atoms with Crippen LogP contribution in [0.15, 0.2) is 18.5 Å². The second-order valence-corrected chi connectivity index (χ2v) is 5.14. The number of carbonyl (C=O) groups is 1. The lowest BCUT2D eigenvalue weighted by Gasteiger charge is -2.14. The van der Waals surface area contributed by atoms with Crippen LogP contribution in [0.1, 0.15) is 23.9 Å². The maximum Gasteiger partial charge on any atom is 0.490 e. The third-order valence-corrected chi connectivity index (χ3v) is 3.27. The lowest BCUT2D eigenvalue weighted by atomic mass is 10.1. The molecule has 2 aromatic rings. The number of hydrogen-bond donors (Lipinski definition) is 3. The summed E-state index contributed by atoms with van der Waals surface area (Å²) in [6.07, 6.45) is -7.07. The summed E-state index contributed by atoms with van der Waals surface area (Å²) in [5, 5.41) is 19.3. The number of nitrogens with two attached hydrogens (primary N) is 1. The molecule has 7 nitrogen and oxygen atoms in total. The van der Waals surface area contributed by atoms with E-state index in [4.69, 9.17) is 32.3 Å². The fourth-order valence-electron chi connectivity index (χ4n) is 1.65. The quantitative estimate of drug-likeness (QED) is 0.655. The Morgan fingerprint density at radius 2 is 1.89 bits per heavy atom. The van der Waals surface area contributed by atoms with E-state index in [9.17, 15) is 26.3 Å².